The van der Waals surface area contributed by atoms with E-state index in [-0.39, 0.29) is 15.7 Å². The second-order valence-corrected chi connectivity index (χ2v) is 12.5. The molecule has 7 nitrogen and oxygen atoms in total. The van der Waals surface area contributed by atoms with Crippen molar-refractivity contribution in [1.82, 2.24) is 4.98 Å². The van der Waals surface area contributed by atoms with Gasteiger partial charge < -0.3 is 13.9 Å². The zero-order chi connectivity index (χ0) is 27.5. The molecule has 1 fully saturated rings. The van der Waals surface area contributed by atoms with Gasteiger partial charge in [0.05, 0.1) is 15.7 Å². The molecule has 9 heteroatoms. The number of hydrogen-bond donors (Lipinski definition) is 1. The van der Waals surface area contributed by atoms with E-state index in [1.54, 1.807) is 31.0 Å². The first kappa shape index (κ1) is 27.6. The summed E-state index contributed by atoms with van der Waals surface area (Å²) >= 11 is 1.75. The number of thioether (sulfide) groups is 1. The molecular formula is C30H32N2O5S2. The molecule has 204 valence electrons. The molecule has 0 amide bonds. The molecule has 4 aromatic rings. The standard InChI is InChI=1S/C30H32N2O5S2/c1-21(38-20-22-7-6-10-25(19-22)30(35-2)15-17-36-18-16-30)29-32-27(23-8-4-3-5-9-23)28(37-29)24-11-13-26(14-12-24)39(31,33)34/h3-14,19,21H,15-18,20H2,1-2H3,(H2,31,33,34). The average Bonchev–Trinajstić information content (AvgIpc) is 3.42. The van der Waals surface area contributed by atoms with Crippen LogP contribution in [0.1, 0.15) is 42.0 Å². The summed E-state index contributed by atoms with van der Waals surface area (Å²) < 4.78 is 41.3. The average molecular weight is 565 g/mol. The van der Waals surface area contributed by atoms with Crippen LogP contribution in [0.4, 0.5) is 0 Å². The summed E-state index contributed by atoms with van der Waals surface area (Å²) in [5, 5.41) is 5.26. The molecule has 0 saturated carbocycles. The first-order chi connectivity index (χ1) is 18.8. The third kappa shape index (κ3) is 6.13. The van der Waals surface area contributed by atoms with E-state index in [2.05, 4.69) is 31.2 Å². The van der Waals surface area contributed by atoms with Crippen LogP contribution in [0, 0.1) is 0 Å². The van der Waals surface area contributed by atoms with Crippen molar-refractivity contribution in [3.63, 3.8) is 0 Å². The summed E-state index contributed by atoms with van der Waals surface area (Å²) in [4.78, 5) is 4.94. The minimum Gasteiger partial charge on any atom is -0.439 e. The van der Waals surface area contributed by atoms with Gasteiger partial charge in [-0.25, -0.2) is 18.5 Å². The third-order valence-electron chi connectivity index (χ3n) is 7.13. The Morgan fingerprint density at radius 2 is 1.72 bits per heavy atom. The molecule has 0 aliphatic carbocycles. The van der Waals surface area contributed by atoms with Crippen molar-refractivity contribution < 1.29 is 22.3 Å². The molecule has 1 unspecified atom stereocenters. The summed E-state index contributed by atoms with van der Waals surface area (Å²) in [7, 11) is -2.01. The third-order valence-corrected chi connectivity index (χ3v) is 9.26. The van der Waals surface area contributed by atoms with Gasteiger partial charge in [-0.05, 0) is 42.3 Å². The Kier molecular flexibility index (Phi) is 8.25. The molecule has 1 atom stereocenters. The molecule has 1 aliphatic heterocycles. The number of nitrogens with two attached hydrogens (primary N) is 1. The van der Waals surface area contributed by atoms with E-state index in [1.807, 2.05) is 30.3 Å². The Balaban J connectivity index is 1.39. The van der Waals surface area contributed by atoms with Crippen molar-refractivity contribution in [2.75, 3.05) is 20.3 Å². The smallest absolute Gasteiger partial charge is 0.238 e. The second kappa shape index (κ2) is 11.7. The summed E-state index contributed by atoms with van der Waals surface area (Å²) in [5.74, 6) is 1.98. The monoisotopic (exact) mass is 564 g/mol. The first-order valence-corrected chi connectivity index (χ1v) is 15.4. The molecule has 0 spiro atoms. The van der Waals surface area contributed by atoms with Gasteiger partial charge in [0, 0.05) is 50.0 Å². The van der Waals surface area contributed by atoms with E-state index in [0.29, 0.717) is 30.6 Å². The van der Waals surface area contributed by atoms with E-state index in [4.69, 9.17) is 24.0 Å². The van der Waals surface area contributed by atoms with E-state index < -0.39 is 10.0 Å². The van der Waals surface area contributed by atoms with Crippen LogP contribution in [0.5, 0.6) is 0 Å². The second-order valence-electron chi connectivity index (χ2n) is 9.63. The van der Waals surface area contributed by atoms with Crippen LogP contribution in [0.3, 0.4) is 0 Å². The molecule has 1 aromatic heterocycles. The molecule has 1 aliphatic rings. The molecule has 2 heterocycles. The Morgan fingerprint density at radius 1 is 1.00 bits per heavy atom. The predicted molar refractivity (Wildman–Crippen MR) is 154 cm³/mol. The van der Waals surface area contributed by atoms with Gasteiger partial charge >= 0.3 is 0 Å². The van der Waals surface area contributed by atoms with Crippen molar-refractivity contribution in [2.45, 2.75) is 41.3 Å². The number of benzene rings is 3. The summed E-state index contributed by atoms with van der Waals surface area (Å²) in [6, 6.07) is 24.8. The highest BCUT2D eigenvalue weighted by atomic mass is 32.2. The van der Waals surface area contributed by atoms with Gasteiger partial charge in [-0.15, -0.1) is 11.8 Å². The fourth-order valence-electron chi connectivity index (χ4n) is 4.84. The van der Waals surface area contributed by atoms with Crippen molar-refractivity contribution in [1.29, 1.82) is 0 Å². The minimum atomic E-state index is -3.79. The number of hydrogen-bond acceptors (Lipinski definition) is 7. The Hall–Kier alpha value is -2.95. The first-order valence-electron chi connectivity index (χ1n) is 12.8. The normalized spacial score (nSPS) is 16.2. The number of primary sulfonamides is 1. The van der Waals surface area contributed by atoms with Crippen molar-refractivity contribution >= 4 is 21.8 Å². The predicted octanol–water partition coefficient (Wildman–Crippen LogP) is 6.30. The molecule has 2 N–H and O–H groups in total. The van der Waals surface area contributed by atoms with Crippen molar-refractivity contribution in [3.8, 4) is 22.6 Å². The van der Waals surface area contributed by atoms with Gasteiger partial charge in [0.2, 0.25) is 15.9 Å². The molecule has 0 radical (unpaired) electrons. The van der Waals surface area contributed by atoms with Gasteiger partial charge in [0.1, 0.15) is 5.69 Å². The summed E-state index contributed by atoms with van der Waals surface area (Å²) in [6.07, 6.45) is 1.69. The highest BCUT2D eigenvalue weighted by Crippen LogP contribution is 2.40. The maximum Gasteiger partial charge on any atom is 0.238 e. The fraction of sp³-hybridized carbons (Fsp3) is 0.300. The van der Waals surface area contributed by atoms with Crippen LogP contribution in [0.2, 0.25) is 0 Å². The van der Waals surface area contributed by atoms with E-state index in [1.165, 1.54) is 23.3 Å². The molecular weight excluding hydrogens is 532 g/mol. The Bertz CT molecular complexity index is 1510. The number of nitrogens with zero attached hydrogens (tertiary/aromatic N) is 1. The van der Waals surface area contributed by atoms with Crippen LogP contribution in [-0.2, 0) is 30.9 Å². The minimum absolute atomic E-state index is 0.0203. The van der Waals surface area contributed by atoms with Gasteiger partial charge in [-0.2, -0.15) is 0 Å². The Morgan fingerprint density at radius 3 is 2.38 bits per heavy atom. The van der Waals surface area contributed by atoms with Crippen LogP contribution in [0.15, 0.2) is 88.2 Å². The molecule has 3 aromatic carbocycles. The van der Waals surface area contributed by atoms with Gasteiger partial charge in [0.15, 0.2) is 5.76 Å². The lowest BCUT2D eigenvalue weighted by atomic mass is 9.85. The van der Waals surface area contributed by atoms with Gasteiger partial charge in [0.25, 0.3) is 0 Å². The lowest BCUT2D eigenvalue weighted by molar-refractivity contribution is -0.0948. The SMILES string of the molecule is COC1(c2cccc(CSC(C)c3nc(-c4ccccc4)c(-c4ccc(S(N)(=O)=O)cc4)o3)c2)CCOCC1. The van der Waals surface area contributed by atoms with Gasteiger partial charge in [-0.1, -0.05) is 54.6 Å². The Labute approximate surface area is 233 Å². The molecule has 39 heavy (non-hydrogen) atoms. The maximum atomic E-state index is 11.7. The zero-order valence-corrected chi connectivity index (χ0v) is 23.6. The summed E-state index contributed by atoms with van der Waals surface area (Å²) in [6.45, 7) is 3.48. The largest absolute Gasteiger partial charge is 0.439 e. The van der Waals surface area contributed by atoms with E-state index in [0.717, 1.165) is 29.7 Å². The van der Waals surface area contributed by atoms with Crippen LogP contribution >= 0.6 is 11.8 Å². The number of aromatic nitrogens is 1. The number of sulfonamides is 1. The molecule has 5 rings (SSSR count). The lowest BCUT2D eigenvalue weighted by Crippen LogP contribution is -2.35. The van der Waals surface area contributed by atoms with Crippen LogP contribution in [-0.4, -0.2) is 33.7 Å². The number of oxazole rings is 1. The number of ether oxygens (including phenoxy) is 2. The fourth-order valence-corrected chi connectivity index (χ4v) is 6.22. The molecule has 0 bridgehead atoms. The van der Waals surface area contributed by atoms with Crippen molar-refractivity contribution in [3.05, 3.63) is 95.9 Å². The van der Waals surface area contributed by atoms with Gasteiger partial charge in [-0.3, -0.25) is 0 Å². The maximum absolute atomic E-state index is 11.7. The quantitative estimate of drug-likeness (QED) is 0.254. The zero-order valence-electron chi connectivity index (χ0n) is 22.0. The lowest BCUT2D eigenvalue weighted by Gasteiger charge is -2.36. The number of methoxy groups -OCH3 is 1. The van der Waals surface area contributed by atoms with E-state index in [9.17, 15) is 8.42 Å². The van der Waals surface area contributed by atoms with Crippen molar-refractivity contribution in [2.24, 2.45) is 5.14 Å². The highest BCUT2D eigenvalue weighted by Gasteiger charge is 2.34. The summed E-state index contributed by atoms with van der Waals surface area (Å²) in [5.41, 5.74) is 4.46. The van der Waals surface area contributed by atoms with Crippen LogP contribution in [0.25, 0.3) is 22.6 Å². The topological polar surface area (TPSA) is 105 Å². The number of rotatable bonds is 9. The van der Waals surface area contributed by atoms with E-state index >= 15 is 0 Å². The van der Waals surface area contributed by atoms with Crippen LogP contribution < -0.4 is 5.14 Å². The highest BCUT2D eigenvalue weighted by molar-refractivity contribution is 7.98. The molecule has 1 saturated heterocycles.